The van der Waals surface area contributed by atoms with E-state index in [1.807, 2.05) is 0 Å². The van der Waals surface area contributed by atoms with E-state index in [1.165, 1.54) is 11.1 Å². The van der Waals surface area contributed by atoms with E-state index in [0.29, 0.717) is 0 Å². The van der Waals surface area contributed by atoms with Crippen LogP contribution >= 0.6 is 0 Å². The molecule has 2 nitrogen and oxygen atoms in total. The minimum atomic E-state index is 0.773. The second-order valence-electron chi connectivity index (χ2n) is 3.26. The Morgan fingerprint density at radius 1 is 1.50 bits per heavy atom. The predicted octanol–water partition coefficient (Wildman–Crippen LogP) is 2.55. The smallest absolute Gasteiger partial charge is 0.187 e. The van der Waals surface area contributed by atoms with E-state index in [9.17, 15) is 0 Å². The van der Waals surface area contributed by atoms with E-state index in [-0.39, 0.29) is 0 Å². The molecule has 68 valence electrons. The largest absolute Gasteiger partial charge is 0.479 e. The van der Waals surface area contributed by atoms with E-state index in [4.69, 9.17) is 4.74 Å². The van der Waals surface area contributed by atoms with Gasteiger partial charge in [0.05, 0.1) is 6.54 Å². The van der Waals surface area contributed by atoms with Gasteiger partial charge in [0.1, 0.15) is 6.61 Å². The maximum absolute atomic E-state index is 5.35. The first-order chi connectivity index (χ1) is 5.74. The molecule has 1 aliphatic heterocycles. The van der Waals surface area contributed by atoms with Gasteiger partial charge in [-0.15, -0.1) is 0 Å². The standard InChI is InChI=1S/C10H17NO/c1-4-9(8(2)3)7-10-11-5-6-12-10/h4-7H2,1-3H3. The maximum Gasteiger partial charge on any atom is 0.187 e. The monoisotopic (exact) mass is 167 g/mol. The summed E-state index contributed by atoms with van der Waals surface area (Å²) in [7, 11) is 0. The van der Waals surface area contributed by atoms with Crippen LogP contribution < -0.4 is 0 Å². The molecule has 0 N–H and O–H groups in total. The highest BCUT2D eigenvalue weighted by Crippen LogP contribution is 2.15. The van der Waals surface area contributed by atoms with Crippen molar-refractivity contribution in [3.05, 3.63) is 11.1 Å². The molecular formula is C10H17NO. The van der Waals surface area contributed by atoms with Gasteiger partial charge in [0, 0.05) is 6.42 Å². The van der Waals surface area contributed by atoms with Crippen molar-refractivity contribution >= 4 is 5.90 Å². The van der Waals surface area contributed by atoms with E-state index in [1.54, 1.807) is 0 Å². The summed E-state index contributed by atoms with van der Waals surface area (Å²) in [5.41, 5.74) is 2.85. The van der Waals surface area contributed by atoms with Crippen LogP contribution in [-0.4, -0.2) is 19.0 Å². The Morgan fingerprint density at radius 3 is 2.67 bits per heavy atom. The van der Waals surface area contributed by atoms with E-state index >= 15 is 0 Å². The third-order valence-electron chi connectivity index (χ3n) is 2.15. The molecule has 0 amide bonds. The molecule has 0 aromatic heterocycles. The van der Waals surface area contributed by atoms with Crippen molar-refractivity contribution < 1.29 is 4.74 Å². The quantitative estimate of drug-likeness (QED) is 0.592. The number of hydrogen-bond acceptors (Lipinski definition) is 2. The molecule has 0 saturated carbocycles. The van der Waals surface area contributed by atoms with Gasteiger partial charge < -0.3 is 4.74 Å². The van der Waals surface area contributed by atoms with E-state index in [0.717, 1.165) is 31.9 Å². The highest BCUT2D eigenvalue weighted by Gasteiger charge is 2.09. The van der Waals surface area contributed by atoms with Crippen LogP contribution in [0.3, 0.4) is 0 Å². The van der Waals surface area contributed by atoms with Crippen molar-refractivity contribution in [2.75, 3.05) is 13.2 Å². The lowest BCUT2D eigenvalue weighted by molar-refractivity contribution is 0.340. The molecule has 0 saturated heterocycles. The van der Waals surface area contributed by atoms with Crippen LogP contribution in [0, 0.1) is 0 Å². The van der Waals surface area contributed by atoms with Crippen LogP contribution in [0.2, 0.25) is 0 Å². The minimum Gasteiger partial charge on any atom is -0.479 e. The van der Waals surface area contributed by atoms with Gasteiger partial charge in [-0.25, -0.2) is 0 Å². The molecule has 0 aromatic rings. The molecule has 0 spiro atoms. The predicted molar refractivity (Wildman–Crippen MR) is 51.5 cm³/mol. The summed E-state index contributed by atoms with van der Waals surface area (Å²) in [6, 6.07) is 0. The summed E-state index contributed by atoms with van der Waals surface area (Å²) in [5, 5.41) is 0. The Morgan fingerprint density at radius 2 is 2.25 bits per heavy atom. The molecule has 0 unspecified atom stereocenters. The van der Waals surface area contributed by atoms with Crippen molar-refractivity contribution in [3.63, 3.8) is 0 Å². The second kappa shape index (κ2) is 4.29. The highest BCUT2D eigenvalue weighted by molar-refractivity contribution is 5.79. The average Bonchev–Trinajstić information content (AvgIpc) is 2.51. The third kappa shape index (κ3) is 2.36. The molecule has 1 heterocycles. The molecule has 0 aliphatic carbocycles. The number of rotatable bonds is 3. The normalized spacial score (nSPS) is 15.4. The molecule has 0 radical (unpaired) electrons. The fraction of sp³-hybridized carbons (Fsp3) is 0.700. The molecule has 1 rings (SSSR count). The number of ether oxygens (including phenoxy) is 1. The van der Waals surface area contributed by atoms with Crippen molar-refractivity contribution in [1.82, 2.24) is 0 Å². The van der Waals surface area contributed by atoms with Crippen LogP contribution in [0.25, 0.3) is 0 Å². The third-order valence-corrected chi connectivity index (χ3v) is 2.15. The van der Waals surface area contributed by atoms with E-state index < -0.39 is 0 Å². The first-order valence-electron chi connectivity index (χ1n) is 4.55. The zero-order valence-electron chi connectivity index (χ0n) is 8.18. The van der Waals surface area contributed by atoms with Crippen LogP contribution in [-0.2, 0) is 4.74 Å². The molecule has 0 aromatic carbocycles. The average molecular weight is 167 g/mol. The highest BCUT2D eigenvalue weighted by atomic mass is 16.5. The van der Waals surface area contributed by atoms with Gasteiger partial charge in [-0.05, 0) is 20.3 Å². The first-order valence-corrected chi connectivity index (χ1v) is 4.55. The van der Waals surface area contributed by atoms with Crippen LogP contribution in [0.15, 0.2) is 16.1 Å². The van der Waals surface area contributed by atoms with Crippen LogP contribution in [0.5, 0.6) is 0 Å². The molecule has 1 aliphatic rings. The van der Waals surface area contributed by atoms with Gasteiger partial charge in [-0.2, -0.15) is 0 Å². The fourth-order valence-corrected chi connectivity index (χ4v) is 1.32. The van der Waals surface area contributed by atoms with Gasteiger partial charge in [0.2, 0.25) is 0 Å². The summed E-state index contributed by atoms with van der Waals surface area (Å²) in [4.78, 5) is 4.27. The SMILES string of the molecule is CCC(CC1=NCCO1)=C(C)C. The first kappa shape index (κ1) is 9.30. The Labute approximate surface area is 74.3 Å². The van der Waals surface area contributed by atoms with Crippen molar-refractivity contribution in [1.29, 1.82) is 0 Å². The molecule has 12 heavy (non-hydrogen) atoms. The van der Waals surface area contributed by atoms with Crippen molar-refractivity contribution in [2.24, 2.45) is 4.99 Å². The van der Waals surface area contributed by atoms with Crippen molar-refractivity contribution in [2.45, 2.75) is 33.6 Å². The number of nitrogens with zero attached hydrogens (tertiary/aromatic N) is 1. The number of aliphatic imine (C=N–C) groups is 1. The van der Waals surface area contributed by atoms with Gasteiger partial charge >= 0.3 is 0 Å². The minimum absolute atomic E-state index is 0.773. The summed E-state index contributed by atoms with van der Waals surface area (Å²) in [6.45, 7) is 8.09. The van der Waals surface area contributed by atoms with Gasteiger partial charge in [-0.3, -0.25) is 4.99 Å². The lowest BCUT2D eigenvalue weighted by Crippen LogP contribution is -2.01. The Hall–Kier alpha value is -0.790. The topological polar surface area (TPSA) is 21.6 Å². The van der Waals surface area contributed by atoms with Crippen LogP contribution in [0.4, 0.5) is 0 Å². The zero-order valence-corrected chi connectivity index (χ0v) is 8.18. The summed E-state index contributed by atoms with van der Waals surface area (Å²) in [6.07, 6.45) is 2.02. The number of allylic oxidation sites excluding steroid dienone is 1. The Balaban J connectivity index is 2.53. The summed E-state index contributed by atoms with van der Waals surface area (Å²) < 4.78 is 5.35. The summed E-state index contributed by atoms with van der Waals surface area (Å²) >= 11 is 0. The second-order valence-corrected chi connectivity index (χ2v) is 3.26. The van der Waals surface area contributed by atoms with Crippen LogP contribution in [0.1, 0.15) is 33.6 Å². The molecule has 2 heteroatoms. The molecule has 0 bridgehead atoms. The van der Waals surface area contributed by atoms with Crippen molar-refractivity contribution in [3.8, 4) is 0 Å². The van der Waals surface area contributed by atoms with E-state index in [2.05, 4.69) is 25.8 Å². The molecular weight excluding hydrogens is 150 g/mol. The zero-order chi connectivity index (χ0) is 8.97. The van der Waals surface area contributed by atoms with Gasteiger partial charge in [0.15, 0.2) is 5.90 Å². The van der Waals surface area contributed by atoms with Gasteiger partial charge in [0.25, 0.3) is 0 Å². The summed E-state index contributed by atoms with van der Waals surface area (Å²) in [5.74, 6) is 0.924. The Kier molecular flexibility index (Phi) is 3.32. The molecule has 0 atom stereocenters. The number of hydrogen-bond donors (Lipinski definition) is 0. The lowest BCUT2D eigenvalue weighted by Gasteiger charge is -2.06. The fourth-order valence-electron chi connectivity index (χ4n) is 1.32. The molecule has 0 fully saturated rings. The van der Waals surface area contributed by atoms with Gasteiger partial charge in [-0.1, -0.05) is 18.1 Å². The Bertz CT molecular complexity index is 212. The maximum atomic E-state index is 5.35. The lowest BCUT2D eigenvalue weighted by atomic mass is 10.1.